The molecule has 1 heterocycles. The number of nitrogens with zero attached hydrogens (tertiary/aromatic N) is 1. The quantitative estimate of drug-likeness (QED) is 0.116. The van der Waals surface area contributed by atoms with E-state index in [1.165, 1.54) is 15.9 Å². The van der Waals surface area contributed by atoms with Crippen molar-refractivity contribution in [2.24, 2.45) is 0 Å². The zero-order chi connectivity index (χ0) is 31.5. The Bertz CT molecular complexity index is 1360. The summed E-state index contributed by atoms with van der Waals surface area (Å²) in [6, 6.07) is 35.5. The predicted octanol–water partition coefficient (Wildman–Crippen LogP) is 9.35. The SMILES string of the molecule is CC[Si](CC)(CC)O[C@H](CCO[Si](c1ccccc1)(c1ccccc1)C(C)(C)C)c1coc(/C=C/CCc2ccccc2)n1. The van der Waals surface area contributed by atoms with Crippen molar-refractivity contribution < 1.29 is 13.3 Å². The molecule has 0 aliphatic rings. The van der Waals surface area contributed by atoms with E-state index < -0.39 is 16.6 Å². The van der Waals surface area contributed by atoms with Gasteiger partial charge in [-0.1, -0.05) is 139 Å². The van der Waals surface area contributed by atoms with Gasteiger partial charge in [-0.3, -0.25) is 0 Å². The zero-order valence-electron chi connectivity index (χ0n) is 27.6. The second-order valence-corrected chi connectivity index (χ2v) is 21.7. The molecule has 4 rings (SSSR count). The fourth-order valence-corrected chi connectivity index (χ4v) is 13.7. The third kappa shape index (κ3) is 8.16. The molecule has 0 bridgehead atoms. The number of benzene rings is 3. The number of aryl methyl sites for hydroxylation is 1. The number of aromatic nitrogens is 1. The first-order chi connectivity index (χ1) is 21.3. The Hall–Kier alpha value is -3.04. The molecule has 0 saturated carbocycles. The van der Waals surface area contributed by atoms with E-state index in [4.69, 9.17) is 18.3 Å². The average Bonchev–Trinajstić information content (AvgIpc) is 3.53. The molecule has 4 nitrogen and oxygen atoms in total. The Morgan fingerprint density at radius 1 is 0.795 bits per heavy atom. The van der Waals surface area contributed by atoms with Crippen LogP contribution >= 0.6 is 0 Å². The summed E-state index contributed by atoms with van der Waals surface area (Å²) in [5, 5.41) is 2.51. The number of allylic oxidation sites excluding steroid dienone is 1. The standard InChI is InChI=1S/C38H51NO3Si2/c1-7-43(8-2,9-3)42-36(35-31-40-37(39-35)28-20-19-23-32-21-13-10-14-22-32)29-30-41-44(38(4,5)6,33-24-15-11-16-25-33)34-26-17-12-18-27-34/h10-18,20-22,24-28,31,36H,7-9,19,23,29-30H2,1-6H3/b28-20+/t36-/m1/s1. The zero-order valence-corrected chi connectivity index (χ0v) is 29.6. The Morgan fingerprint density at radius 2 is 1.34 bits per heavy atom. The van der Waals surface area contributed by atoms with Gasteiger partial charge in [0.25, 0.3) is 8.32 Å². The summed E-state index contributed by atoms with van der Waals surface area (Å²) in [7, 11) is -4.57. The van der Waals surface area contributed by atoms with Gasteiger partial charge in [0.2, 0.25) is 5.89 Å². The summed E-state index contributed by atoms with van der Waals surface area (Å²) in [4.78, 5) is 4.92. The normalized spacial score (nSPS) is 13.4. The van der Waals surface area contributed by atoms with Crippen molar-refractivity contribution in [2.75, 3.05) is 6.61 Å². The lowest BCUT2D eigenvalue weighted by Crippen LogP contribution is -2.66. The highest BCUT2D eigenvalue weighted by Gasteiger charge is 2.50. The molecule has 0 aliphatic carbocycles. The van der Waals surface area contributed by atoms with E-state index in [2.05, 4.69) is 139 Å². The molecule has 4 aromatic rings. The highest BCUT2D eigenvalue weighted by atomic mass is 28.4. The maximum atomic E-state index is 7.26. The minimum atomic E-state index is -2.64. The highest BCUT2D eigenvalue weighted by Crippen LogP contribution is 2.38. The molecule has 1 aromatic heterocycles. The number of oxazole rings is 1. The first-order valence-corrected chi connectivity index (χ1v) is 20.8. The summed E-state index contributed by atoms with van der Waals surface area (Å²) in [5.41, 5.74) is 2.20. The van der Waals surface area contributed by atoms with Gasteiger partial charge in [-0.25, -0.2) is 4.98 Å². The van der Waals surface area contributed by atoms with Crippen molar-refractivity contribution in [3.63, 3.8) is 0 Å². The van der Waals surface area contributed by atoms with Crippen molar-refractivity contribution in [1.82, 2.24) is 4.98 Å². The fraction of sp³-hybridized carbons (Fsp3) is 0.395. The van der Waals surface area contributed by atoms with Gasteiger partial charge in [0.05, 0.1) is 6.10 Å². The molecule has 0 fully saturated rings. The molecule has 3 aromatic carbocycles. The molecule has 0 aliphatic heterocycles. The molecule has 0 radical (unpaired) electrons. The van der Waals surface area contributed by atoms with E-state index in [-0.39, 0.29) is 11.1 Å². The van der Waals surface area contributed by atoms with Crippen LogP contribution < -0.4 is 10.4 Å². The molecule has 0 spiro atoms. The first kappa shape index (κ1) is 33.8. The van der Waals surface area contributed by atoms with E-state index in [1.54, 1.807) is 6.26 Å². The lowest BCUT2D eigenvalue weighted by atomic mass is 10.1. The van der Waals surface area contributed by atoms with Crippen LogP contribution in [0.2, 0.25) is 23.2 Å². The van der Waals surface area contributed by atoms with Gasteiger partial charge in [0.1, 0.15) is 12.0 Å². The Kier molecular flexibility index (Phi) is 12.2. The smallest absolute Gasteiger partial charge is 0.261 e. The average molecular weight is 626 g/mol. The molecule has 0 N–H and O–H groups in total. The van der Waals surface area contributed by atoms with Crippen molar-refractivity contribution in [1.29, 1.82) is 0 Å². The summed E-state index contributed by atoms with van der Waals surface area (Å²) >= 11 is 0. The van der Waals surface area contributed by atoms with E-state index in [0.717, 1.165) is 43.1 Å². The lowest BCUT2D eigenvalue weighted by Gasteiger charge is -2.43. The van der Waals surface area contributed by atoms with Crippen LogP contribution in [0.5, 0.6) is 0 Å². The number of hydrogen-bond donors (Lipinski definition) is 0. The predicted molar refractivity (Wildman–Crippen MR) is 190 cm³/mol. The van der Waals surface area contributed by atoms with E-state index in [0.29, 0.717) is 12.5 Å². The highest BCUT2D eigenvalue weighted by molar-refractivity contribution is 6.99. The van der Waals surface area contributed by atoms with Crippen LogP contribution in [0, 0.1) is 0 Å². The molecule has 44 heavy (non-hydrogen) atoms. The maximum absolute atomic E-state index is 7.26. The van der Waals surface area contributed by atoms with Crippen LogP contribution in [-0.2, 0) is 15.3 Å². The van der Waals surface area contributed by atoms with Gasteiger partial charge in [-0.05, 0) is 58.0 Å². The maximum Gasteiger partial charge on any atom is 0.261 e. The monoisotopic (exact) mass is 625 g/mol. The van der Waals surface area contributed by atoms with Crippen LogP contribution in [0.1, 0.15) is 77.6 Å². The fourth-order valence-electron chi connectivity index (χ4n) is 6.25. The van der Waals surface area contributed by atoms with Crippen molar-refractivity contribution >= 4 is 33.1 Å². The third-order valence-electron chi connectivity index (χ3n) is 9.01. The molecular weight excluding hydrogens is 575 g/mol. The number of hydrogen-bond acceptors (Lipinski definition) is 4. The van der Waals surface area contributed by atoms with E-state index in [1.807, 2.05) is 6.08 Å². The topological polar surface area (TPSA) is 44.5 Å². The van der Waals surface area contributed by atoms with Gasteiger partial charge >= 0.3 is 0 Å². The second kappa shape index (κ2) is 15.8. The summed E-state index contributed by atoms with van der Waals surface area (Å²) in [5.74, 6) is 0.631. The minimum absolute atomic E-state index is 0.0770. The van der Waals surface area contributed by atoms with Gasteiger partial charge < -0.3 is 13.3 Å². The second-order valence-electron chi connectivity index (χ2n) is 12.7. The van der Waals surface area contributed by atoms with Crippen LogP contribution in [0.3, 0.4) is 0 Å². The Labute approximate surface area is 267 Å². The summed E-state index contributed by atoms with van der Waals surface area (Å²) < 4.78 is 20.3. The summed E-state index contributed by atoms with van der Waals surface area (Å²) in [6.07, 6.45) is 8.42. The van der Waals surface area contributed by atoms with Gasteiger partial charge in [0, 0.05) is 13.0 Å². The van der Waals surface area contributed by atoms with E-state index in [9.17, 15) is 0 Å². The van der Waals surface area contributed by atoms with Crippen molar-refractivity contribution in [3.05, 3.63) is 120 Å². The molecule has 0 saturated heterocycles. The molecule has 6 heteroatoms. The van der Waals surface area contributed by atoms with Crippen molar-refractivity contribution in [3.8, 4) is 0 Å². The molecule has 0 unspecified atom stereocenters. The van der Waals surface area contributed by atoms with Gasteiger partial charge in [-0.15, -0.1) is 0 Å². The third-order valence-corrected chi connectivity index (χ3v) is 18.7. The van der Waals surface area contributed by atoms with Crippen LogP contribution in [0.4, 0.5) is 0 Å². The van der Waals surface area contributed by atoms with Gasteiger partial charge in [0.15, 0.2) is 8.32 Å². The largest absolute Gasteiger partial charge is 0.445 e. The molecule has 234 valence electrons. The minimum Gasteiger partial charge on any atom is -0.445 e. The Balaban J connectivity index is 1.58. The van der Waals surface area contributed by atoms with E-state index >= 15 is 0 Å². The van der Waals surface area contributed by atoms with Crippen LogP contribution in [-0.4, -0.2) is 28.2 Å². The lowest BCUT2D eigenvalue weighted by molar-refractivity contribution is 0.144. The van der Waals surface area contributed by atoms with Crippen LogP contribution in [0.25, 0.3) is 6.08 Å². The first-order valence-electron chi connectivity index (χ1n) is 16.4. The van der Waals surface area contributed by atoms with Crippen molar-refractivity contribution in [2.45, 2.75) is 90.1 Å². The molecule has 0 amide bonds. The molecular formula is C38H51NO3Si2. The summed E-state index contributed by atoms with van der Waals surface area (Å²) in [6.45, 7) is 14.4. The van der Waals surface area contributed by atoms with Crippen LogP contribution in [0.15, 0.2) is 108 Å². The number of rotatable bonds is 16. The Morgan fingerprint density at radius 3 is 1.86 bits per heavy atom. The molecule has 1 atom stereocenters. The van der Waals surface area contributed by atoms with Gasteiger partial charge in [-0.2, -0.15) is 0 Å².